The molecule has 5 heteroatoms. The molecule has 5 nitrogen and oxygen atoms in total. The van der Waals surface area contributed by atoms with Crippen LogP contribution in [-0.4, -0.2) is 38.0 Å². The van der Waals surface area contributed by atoms with Gasteiger partial charge in [-0.15, -0.1) is 0 Å². The van der Waals surface area contributed by atoms with Crippen molar-refractivity contribution in [3.8, 4) is 0 Å². The highest BCUT2D eigenvalue weighted by atomic mass is 16.2. The third kappa shape index (κ3) is 1.95. The summed E-state index contributed by atoms with van der Waals surface area (Å²) in [6, 6.07) is 3.64. The zero-order chi connectivity index (χ0) is 15.6. The largest absolute Gasteiger partial charge is 0.335 e. The van der Waals surface area contributed by atoms with Crippen molar-refractivity contribution < 1.29 is 4.79 Å². The summed E-state index contributed by atoms with van der Waals surface area (Å²) in [5.74, 6) is 2.55. The molecule has 0 unspecified atom stereocenters. The number of aromatic nitrogens is 3. The molecule has 6 rings (SSSR count). The zero-order valence-corrected chi connectivity index (χ0v) is 13.5. The van der Waals surface area contributed by atoms with Gasteiger partial charge in [0.05, 0.1) is 0 Å². The molecule has 1 amide bonds. The fourth-order valence-electron chi connectivity index (χ4n) is 5.80. The first kappa shape index (κ1) is 13.5. The molecule has 4 saturated carbocycles. The van der Waals surface area contributed by atoms with Gasteiger partial charge in [-0.1, -0.05) is 0 Å². The first-order valence-electron chi connectivity index (χ1n) is 8.71. The van der Waals surface area contributed by atoms with Gasteiger partial charge in [-0.2, -0.15) is 5.10 Å². The van der Waals surface area contributed by atoms with Gasteiger partial charge in [0.15, 0.2) is 11.3 Å². The lowest BCUT2D eigenvalue weighted by atomic mass is 9.52. The molecule has 2 heterocycles. The summed E-state index contributed by atoms with van der Waals surface area (Å²) >= 11 is 0. The van der Waals surface area contributed by atoms with Crippen molar-refractivity contribution in [2.45, 2.75) is 44.1 Å². The van der Waals surface area contributed by atoms with E-state index in [0.717, 1.165) is 23.4 Å². The molecule has 0 saturated heterocycles. The van der Waals surface area contributed by atoms with Gasteiger partial charge in [-0.3, -0.25) is 4.79 Å². The lowest BCUT2D eigenvalue weighted by molar-refractivity contribution is -0.0667. The van der Waals surface area contributed by atoms with Crippen molar-refractivity contribution >= 4 is 11.6 Å². The van der Waals surface area contributed by atoms with Crippen LogP contribution in [0.15, 0.2) is 24.5 Å². The molecule has 0 aliphatic heterocycles. The van der Waals surface area contributed by atoms with Gasteiger partial charge in [0, 0.05) is 31.0 Å². The SMILES string of the molecule is CN(C(=O)c1cc2ncccn2n1)C12CC3CC(CC(C3)C1)C2. The summed E-state index contributed by atoms with van der Waals surface area (Å²) in [6.45, 7) is 0. The van der Waals surface area contributed by atoms with Crippen molar-refractivity contribution in [1.82, 2.24) is 19.5 Å². The minimum absolute atomic E-state index is 0.0532. The van der Waals surface area contributed by atoms with Gasteiger partial charge in [0.25, 0.3) is 5.91 Å². The summed E-state index contributed by atoms with van der Waals surface area (Å²) in [4.78, 5) is 19.3. The van der Waals surface area contributed by atoms with Crippen LogP contribution < -0.4 is 0 Å². The van der Waals surface area contributed by atoms with Crippen molar-refractivity contribution in [3.63, 3.8) is 0 Å². The molecule has 4 bridgehead atoms. The van der Waals surface area contributed by atoms with E-state index in [4.69, 9.17) is 0 Å². The lowest BCUT2D eigenvalue weighted by Crippen LogP contribution is -2.60. The maximum absolute atomic E-state index is 13.1. The van der Waals surface area contributed by atoms with E-state index in [-0.39, 0.29) is 11.4 Å². The molecule has 120 valence electrons. The Morgan fingerprint density at radius 2 is 1.87 bits per heavy atom. The van der Waals surface area contributed by atoms with Gasteiger partial charge in [-0.25, -0.2) is 9.50 Å². The second-order valence-corrected chi connectivity index (χ2v) is 7.96. The van der Waals surface area contributed by atoms with Crippen LogP contribution >= 0.6 is 0 Å². The molecule has 0 aromatic carbocycles. The Labute approximate surface area is 135 Å². The molecule has 0 radical (unpaired) electrons. The molecular formula is C18H22N4O. The van der Waals surface area contributed by atoms with E-state index in [1.807, 2.05) is 24.2 Å². The van der Waals surface area contributed by atoms with E-state index in [1.54, 1.807) is 16.8 Å². The Hall–Kier alpha value is -1.91. The fraction of sp³-hybridized carbons (Fsp3) is 0.611. The Morgan fingerprint density at radius 3 is 2.48 bits per heavy atom. The van der Waals surface area contributed by atoms with Crippen molar-refractivity contribution in [2.24, 2.45) is 17.8 Å². The number of carbonyl (C=O) groups excluding carboxylic acids is 1. The highest BCUT2D eigenvalue weighted by Crippen LogP contribution is 2.57. The Morgan fingerprint density at radius 1 is 1.22 bits per heavy atom. The number of carbonyl (C=O) groups is 1. The number of nitrogens with zero attached hydrogens (tertiary/aromatic N) is 4. The topological polar surface area (TPSA) is 50.5 Å². The summed E-state index contributed by atoms with van der Waals surface area (Å²) in [7, 11) is 1.99. The van der Waals surface area contributed by atoms with E-state index >= 15 is 0 Å². The molecule has 0 spiro atoms. The van der Waals surface area contributed by atoms with E-state index in [1.165, 1.54) is 38.5 Å². The molecule has 4 fully saturated rings. The van der Waals surface area contributed by atoms with Crippen LogP contribution in [0.2, 0.25) is 0 Å². The molecule has 0 N–H and O–H groups in total. The van der Waals surface area contributed by atoms with E-state index in [9.17, 15) is 4.79 Å². The van der Waals surface area contributed by atoms with Gasteiger partial charge >= 0.3 is 0 Å². The molecule has 4 aliphatic carbocycles. The monoisotopic (exact) mass is 310 g/mol. The lowest BCUT2D eigenvalue weighted by Gasteiger charge is -2.59. The molecule has 2 aromatic rings. The van der Waals surface area contributed by atoms with Crippen LogP contribution in [0.1, 0.15) is 49.0 Å². The van der Waals surface area contributed by atoms with Crippen LogP contribution in [0.5, 0.6) is 0 Å². The number of rotatable bonds is 2. The van der Waals surface area contributed by atoms with Crippen LogP contribution in [0.25, 0.3) is 5.65 Å². The molecule has 2 aromatic heterocycles. The number of amides is 1. The normalized spacial score (nSPS) is 34.9. The number of hydrogen-bond donors (Lipinski definition) is 0. The predicted molar refractivity (Wildman–Crippen MR) is 86.0 cm³/mol. The quantitative estimate of drug-likeness (QED) is 0.857. The van der Waals surface area contributed by atoms with Crippen molar-refractivity contribution in [1.29, 1.82) is 0 Å². The zero-order valence-electron chi connectivity index (χ0n) is 13.5. The Bertz CT molecular complexity index is 712. The average molecular weight is 310 g/mol. The highest BCUT2D eigenvalue weighted by Gasteiger charge is 2.54. The predicted octanol–water partition coefficient (Wildman–Crippen LogP) is 2.77. The maximum Gasteiger partial charge on any atom is 0.274 e. The molecule has 23 heavy (non-hydrogen) atoms. The fourth-order valence-corrected chi connectivity index (χ4v) is 5.80. The summed E-state index contributed by atoms with van der Waals surface area (Å²) in [5.41, 5.74) is 1.33. The van der Waals surface area contributed by atoms with Crippen LogP contribution in [-0.2, 0) is 0 Å². The van der Waals surface area contributed by atoms with E-state index < -0.39 is 0 Å². The molecule has 4 aliphatic rings. The first-order valence-corrected chi connectivity index (χ1v) is 8.71. The van der Waals surface area contributed by atoms with Crippen LogP contribution in [0.4, 0.5) is 0 Å². The van der Waals surface area contributed by atoms with Crippen LogP contribution in [0, 0.1) is 17.8 Å². The second-order valence-electron chi connectivity index (χ2n) is 7.96. The number of hydrogen-bond acceptors (Lipinski definition) is 3. The standard InChI is InChI=1S/C18H22N4O/c1-21(17(23)15-8-16-19-3-2-4-22(16)20-15)18-9-12-5-13(10-18)7-14(6-12)11-18/h2-4,8,12-14H,5-7,9-11H2,1H3. The minimum atomic E-state index is 0.0532. The van der Waals surface area contributed by atoms with Crippen molar-refractivity contribution in [3.05, 3.63) is 30.2 Å². The third-order valence-electron chi connectivity index (χ3n) is 6.48. The van der Waals surface area contributed by atoms with E-state index in [0.29, 0.717) is 5.69 Å². The average Bonchev–Trinajstić information content (AvgIpc) is 2.96. The van der Waals surface area contributed by atoms with Crippen molar-refractivity contribution in [2.75, 3.05) is 7.05 Å². The van der Waals surface area contributed by atoms with Gasteiger partial charge in [-0.05, 0) is 62.3 Å². The first-order chi connectivity index (χ1) is 11.1. The number of fused-ring (bicyclic) bond motifs is 1. The van der Waals surface area contributed by atoms with Crippen LogP contribution in [0.3, 0.4) is 0 Å². The highest BCUT2D eigenvalue weighted by molar-refractivity contribution is 5.93. The minimum Gasteiger partial charge on any atom is -0.335 e. The van der Waals surface area contributed by atoms with Gasteiger partial charge in [0.2, 0.25) is 0 Å². The smallest absolute Gasteiger partial charge is 0.274 e. The Balaban J connectivity index is 1.47. The summed E-state index contributed by atoms with van der Waals surface area (Å²) < 4.78 is 1.68. The third-order valence-corrected chi connectivity index (χ3v) is 6.48. The maximum atomic E-state index is 13.1. The molecule has 0 atom stereocenters. The van der Waals surface area contributed by atoms with Gasteiger partial charge < -0.3 is 4.90 Å². The molecular weight excluding hydrogens is 288 g/mol. The van der Waals surface area contributed by atoms with E-state index in [2.05, 4.69) is 10.1 Å². The summed E-state index contributed by atoms with van der Waals surface area (Å²) in [5, 5.41) is 4.42. The Kier molecular flexibility index (Phi) is 2.68. The second kappa shape index (κ2) is 4.56. The summed E-state index contributed by atoms with van der Waals surface area (Å²) in [6.07, 6.45) is 11.3. The van der Waals surface area contributed by atoms with Gasteiger partial charge in [0.1, 0.15) is 0 Å².